The molecule has 0 radical (unpaired) electrons. The SMILES string of the molecule is COc1ccc2[nH]c3c(c2c1)CC(C)(C)NC3C(=O)O. The Morgan fingerprint density at radius 2 is 2.20 bits per heavy atom. The van der Waals surface area contributed by atoms with E-state index in [4.69, 9.17) is 4.74 Å². The second kappa shape index (κ2) is 4.24. The van der Waals surface area contributed by atoms with Gasteiger partial charge in [0.05, 0.1) is 7.11 Å². The summed E-state index contributed by atoms with van der Waals surface area (Å²) in [4.78, 5) is 14.7. The zero-order valence-corrected chi connectivity index (χ0v) is 11.8. The molecule has 1 aliphatic rings. The summed E-state index contributed by atoms with van der Waals surface area (Å²) in [5, 5.41) is 13.7. The van der Waals surface area contributed by atoms with Gasteiger partial charge >= 0.3 is 5.97 Å². The number of rotatable bonds is 2. The van der Waals surface area contributed by atoms with E-state index in [0.29, 0.717) is 0 Å². The maximum absolute atomic E-state index is 11.5. The predicted molar refractivity (Wildman–Crippen MR) is 76.1 cm³/mol. The van der Waals surface area contributed by atoms with Gasteiger partial charge < -0.3 is 14.8 Å². The number of carboxylic acid groups (broad SMARTS) is 1. The normalized spacial score (nSPS) is 20.6. The Kier molecular flexibility index (Phi) is 2.76. The number of carbonyl (C=O) groups is 1. The average Bonchev–Trinajstić information content (AvgIpc) is 2.74. The van der Waals surface area contributed by atoms with E-state index < -0.39 is 12.0 Å². The summed E-state index contributed by atoms with van der Waals surface area (Å²) in [6, 6.07) is 5.06. The second-order valence-corrected chi connectivity index (χ2v) is 5.90. The van der Waals surface area contributed by atoms with E-state index in [1.54, 1.807) is 7.11 Å². The fourth-order valence-electron chi connectivity index (χ4n) is 2.95. The highest BCUT2D eigenvalue weighted by Gasteiger charge is 2.37. The van der Waals surface area contributed by atoms with E-state index in [-0.39, 0.29) is 5.54 Å². The molecule has 2 heterocycles. The number of benzene rings is 1. The van der Waals surface area contributed by atoms with E-state index in [2.05, 4.69) is 10.3 Å². The zero-order chi connectivity index (χ0) is 14.5. The number of fused-ring (bicyclic) bond motifs is 3. The Bertz CT molecular complexity index is 688. The minimum Gasteiger partial charge on any atom is -0.497 e. The zero-order valence-electron chi connectivity index (χ0n) is 11.8. The molecular formula is C15H18N2O3. The van der Waals surface area contributed by atoms with Crippen molar-refractivity contribution in [3.05, 3.63) is 29.5 Å². The van der Waals surface area contributed by atoms with Crippen molar-refractivity contribution in [2.75, 3.05) is 7.11 Å². The first-order chi connectivity index (χ1) is 9.41. The van der Waals surface area contributed by atoms with Crippen LogP contribution in [-0.4, -0.2) is 28.7 Å². The molecule has 3 rings (SSSR count). The van der Waals surface area contributed by atoms with Crippen molar-refractivity contribution < 1.29 is 14.6 Å². The second-order valence-electron chi connectivity index (χ2n) is 5.90. The number of methoxy groups -OCH3 is 1. The van der Waals surface area contributed by atoms with Gasteiger partial charge in [-0.05, 0) is 44.0 Å². The first-order valence-electron chi connectivity index (χ1n) is 6.60. The van der Waals surface area contributed by atoms with Gasteiger partial charge in [-0.15, -0.1) is 0 Å². The molecule has 0 spiro atoms. The molecule has 0 amide bonds. The van der Waals surface area contributed by atoms with Crippen molar-refractivity contribution in [2.45, 2.75) is 31.8 Å². The number of ether oxygens (including phenoxy) is 1. The lowest BCUT2D eigenvalue weighted by atomic mass is 9.86. The van der Waals surface area contributed by atoms with Gasteiger partial charge in [0, 0.05) is 22.1 Å². The molecule has 0 aliphatic carbocycles. The van der Waals surface area contributed by atoms with Crippen LogP contribution in [-0.2, 0) is 11.2 Å². The van der Waals surface area contributed by atoms with Crippen molar-refractivity contribution in [3.8, 4) is 5.75 Å². The van der Waals surface area contributed by atoms with Gasteiger partial charge in [0.15, 0.2) is 0 Å². The fraction of sp³-hybridized carbons (Fsp3) is 0.400. The van der Waals surface area contributed by atoms with Crippen molar-refractivity contribution in [3.63, 3.8) is 0 Å². The third kappa shape index (κ3) is 1.94. The van der Waals surface area contributed by atoms with Crippen LogP contribution in [0.5, 0.6) is 5.75 Å². The highest BCUT2D eigenvalue weighted by atomic mass is 16.5. The molecule has 1 aromatic carbocycles. The Morgan fingerprint density at radius 1 is 1.45 bits per heavy atom. The molecule has 5 heteroatoms. The van der Waals surface area contributed by atoms with Gasteiger partial charge in [0.25, 0.3) is 0 Å². The van der Waals surface area contributed by atoms with Crippen molar-refractivity contribution >= 4 is 16.9 Å². The summed E-state index contributed by atoms with van der Waals surface area (Å²) in [7, 11) is 1.63. The standard InChI is InChI=1S/C15H18N2O3/c1-15(2)7-10-9-6-8(20-3)4-5-11(9)16-12(10)13(17-15)14(18)19/h4-6,13,16-17H,7H2,1-3H3,(H,18,19). The van der Waals surface area contributed by atoms with Crippen molar-refractivity contribution in [2.24, 2.45) is 0 Å². The number of aliphatic carboxylic acids is 1. The predicted octanol–water partition coefficient (Wildman–Crippen LogP) is 2.23. The lowest BCUT2D eigenvalue weighted by Gasteiger charge is -2.35. The van der Waals surface area contributed by atoms with Crippen LogP contribution in [0.3, 0.4) is 0 Å². The third-order valence-corrected chi connectivity index (χ3v) is 3.84. The van der Waals surface area contributed by atoms with Crippen molar-refractivity contribution in [1.82, 2.24) is 10.3 Å². The maximum Gasteiger partial charge on any atom is 0.326 e. The monoisotopic (exact) mass is 274 g/mol. The number of hydrogen-bond donors (Lipinski definition) is 3. The van der Waals surface area contributed by atoms with Crippen molar-refractivity contribution in [1.29, 1.82) is 0 Å². The number of carboxylic acids is 1. The van der Waals surface area contributed by atoms with Gasteiger partial charge in [-0.2, -0.15) is 0 Å². The molecule has 20 heavy (non-hydrogen) atoms. The van der Waals surface area contributed by atoms with Crippen LogP contribution in [0.15, 0.2) is 18.2 Å². The fourth-order valence-corrected chi connectivity index (χ4v) is 2.95. The van der Waals surface area contributed by atoms with Gasteiger partial charge in [0.1, 0.15) is 11.8 Å². The van der Waals surface area contributed by atoms with Crippen LogP contribution in [0, 0.1) is 0 Å². The molecule has 1 aromatic heterocycles. The number of aromatic nitrogens is 1. The van der Waals surface area contributed by atoms with Crippen LogP contribution in [0.2, 0.25) is 0 Å². The first-order valence-corrected chi connectivity index (χ1v) is 6.60. The molecule has 1 unspecified atom stereocenters. The third-order valence-electron chi connectivity index (χ3n) is 3.84. The molecule has 106 valence electrons. The number of hydrogen-bond acceptors (Lipinski definition) is 3. The molecule has 3 N–H and O–H groups in total. The van der Waals surface area contributed by atoms with Crippen LogP contribution in [0.25, 0.3) is 10.9 Å². The molecule has 1 aliphatic heterocycles. The minimum atomic E-state index is -0.863. The summed E-state index contributed by atoms with van der Waals surface area (Å²) >= 11 is 0. The van der Waals surface area contributed by atoms with Crippen LogP contribution in [0.1, 0.15) is 31.1 Å². The Hall–Kier alpha value is -2.01. The molecule has 0 saturated heterocycles. The van der Waals surface area contributed by atoms with Gasteiger partial charge in [-0.25, -0.2) is 0 Å². The summed E-state index contributed by atoms with van der Waals surface area (Å²) < 4.78 is 5.26. The van der Waals surface area contributed by atoms with Gasteiger partial charge in [0.2, 0.25) is 0 Å². The molecule has 0 fully saturated rings. The van der Waals surface area contributed by atoms with Crippen LogP contribution in [0.4, 0.5) is 0 Å². The van der Waals surface area contributed by atoms with Gasteiger partial charge in [-0.3, -0.25) is 10.1 Å². The number of nitrogens with one attached hydrogen (secondary N) is 2. The number of H-pyrrole nitrogens is 1. The molecule has 5 nitrogen and oxygen atoms in total. The summed E-state index contributed by atoms with van der Waals surface area (Å²) in [6.45, 7) is 4.04. The largest absolute Gasteiger partial charge is 0.497 e. The first kappa shape index (κ1) is 13.0. The molecular weight excluding hydrogens is 256 g/mol. The van der Waals surface area contributed by atoms with Crippen LogP contribution < -0.4 is 10.1 Å². The lowest BCUT2D eigenvalue weighted by molar-refractivity contribution is -0.140. The van der Waals surface area contributed by atoms with Crippen LogP contribution >= 0.6 is 0 Å². The van der Waals surface area contributed by atoms with E-state index in [9.17, 15) is 9.90 Å². The quantitative estimate of drug-likeness (QED) is 0.785. The maximum atomic E-state index is 11.5. The topological polar surface area (TPSA) is 74.3 Å². The molecule has 2 aromatic rings. The lowest BCUT2D eigenvalue weighted by Crippen LogP contribution is -2.49. The molecule has 0 bridgehead atoms. The van der Waals surface area contributed by atoms with E-state index in [1.165, 1.54) is 0 Å². The van der Waals surface area contributed by atoms with Gasteiger partial charge in [-0.1, -0.05) is 0 Å². The van der Waals surface area contributed by atoms with E-state index in [0.717, 1.165) is 34.3 Å². The smallest absolute Gasteiger partial charge is 0.326 e. The summed E-state index contributed by atoms with van der Waals surface area (Å²) in [6.07, 6.45) is 0.777. The van der Waals surface area contributed by atoms with E-state index >= 15 is 0 Å². The summed E-state index contributed by atoms with van der Waals surface area (Å²) in [5.41, 5.74) is 2.51. The molecule has 1 atom stereocenters. The number of aromatic amines is 1. The van der Waals surface area contributed by atoms with E-state index in [1.807, 2.05) is 32.0 Å². The molecule has 0 saturated carbocycles. The minimum absolute atomic E-state index is 0.256. The Balaban J connectivity index is 2.24. The highest BCUT2D eigenvalue weighted by molar-refractivity contribution is 5.89. The summed E-state index contributed by atoms with van der Waals surface area (Å²) in [5.74, 6) is -0.0833. The Labute approximate surface area is 116 Å². The Morgan fingerprint density at radius 3 is 2.85 bits per heavy atom. The average molecular weight is 274 g/mol. The highest BCUT2D eigenvalue weighted by Crippen LogP contribution is 2.36.